The molecule has 0 unspecified atom stereocenters. The van der Waals surface area contributed by atoms with Crippen LogP contribution in [0.25, 0.3) is 0 Å². The van der Waals surface area contributed by atoms with E-state index in [4.69, 9.17) is 9.47 Å². The monoisotopic (exact) mass is 292 g/mol. The highest BCUT2D eigenvalue weighted by Crippen LogP contribution is 2.34. The standard InChI is InChI=1S/C13H24O3S2/c1-3-5-12(16-10-15-2)8-11(14)9-13-17-6-4-7-18-13/h3,11-14H,1,4-10H2,2H3/t11-,12-/m0/s1. The van der Waals surface area contributed by atoms with E-state index in [-0.39, 0.29) is 19.0 Å². The average Bonchev–Trinajstić information content (AvgIpc) is 2.37. The summed E-state index contributed by atoms with van der Waals surface area (Å²) in [7, 11) is 1.61. The van der Waals surface area contributed by atoms with Gasteiger partial charge in [-0.05, 0) is 37.2 Å². The summed E-state index contributed by atoms with van der Waals surface area (Å²) in [4.78, 5) is 0. The summed E-state index contributed by atoms with van der Waals surface area (Å²) < 4.78 is 11.0. The molecular weight excluding hydrogens is 268 g/mol. The quantitative estimate of drug-likeness (QED) is 0.522. The van der Waals surface area contributed by atoms with Crippen LogP contribution in [0.3, 0.4) is 0 Å². The fraction of sp³-hybridized carbons (Fsp3) is 0.846. The molecule has 1 aliphatic heterocycles. The Morgan fingerprint density at radius 3 is 2.78 bits per heavy atom. The Kier molecular flexibility index (Phi) is 9.23. The Bertz CT molecular complexity index is 220. The van der Waals surface area contributed by atoms with E-state index in [0.29, 0.717) is 11.0 Å². The normalized spacial score (nSPS) is 20.6. The van der Waals surface area contributed by atoms with Crippen LogP contribution in [-0.4, -0.2) is 47.3 Å². The second-order valence-corrected chi connectivity index (χ2v) is 7.29. The van der Waals surface area contributed by atoms with Gasteiger partial charge in [-0.25, -0.2) is 0 Å². The minimum absolute atomic E-state index is 0.0102. The van der Waals surface area contributed by atoms with Crippen LogP contribution in [0.15, 0.2) is 12.7 Å². The molecule has 1 saturated heterocycles. The molecule has 0 saturated carbocycles. The fourth-order valence-corrected chi connectivity index (χ4v) is 4.89. The molecule has 1 aliphatic rings. The van der Waals surface area contributed by atoms with E-state index in [1.807, 2.05) is 29.6 Å². The zero-order valence-electron chi connectivity index (χ0n) is 11.0. The molecule has 0 amide bonds. The van der Waals surface area contributed by atoms with Gasteiger partial charge in [0.15, 0.2) is 0 Å². The van der Waals surface area contributed by atoms with Crippen LogP contribution in [0, 0.1) is 0 Å². The summed E-state index contributed by atoms with van der Waals surface area (Å²) >= 11 is 3.93. The molecule has 1 N–H and O–H groups in total. The SMILES string of the molecule is C=CC[C@@H](C[C@H](O)CC1SCCCS1)OCOC. The second-order valence-electron chi connectivity index (χ2n) is 4.37. The van der Waals surface area contributed by atoms with E-state index in [2.05, 4.69) is 6.58 Å². The summed E-state index contributed by atoms with van der Waals surface area (Å²) in [6.45, 7) is 4.00. The zero-order chi connectivity index (χ0) is 13.2. The molecule has 5 heteroatoms. The molecule has 1 fully saturated rings. The molecule has 106 valence electrons. The van der Waals surface area contributed by atoms with Crippen LogP contribution in [-0.2, 0) is 9.47 Å². The second kappa shape index (κ2) is 10.1. The minimum atomic E-state index is -0.296. The highest BCUT2D eigenvalue weighted by molar-refractivity contribution is 8.17. The van der Waals surface area contributed by atoms with Gasteiger partial charge in [0.1, 0.15) is 6.79 Å². The first-order valence-corrected chi connectivity index (χ1v) is 8.48. The van der Waals surface area contributed by atoms with Gasteiger partial charge in [0, 0.05) is 7.11 Å². The summed E-state index contributed by atoms with van der Waals surface area (Å²) in [6.07, 6.45) is 5.10. The van der Waals surface area contributed by atoms with Crippen molar-refractivity contribution in [1.29, 1.82) is 0 Å². The van der Waals surface area contributed by atoms with E-state index in [1.54, 1.807) is 7.11 Å². The molecule has 1 heterocycles. The molecule has 0 radical (unpaired) electrons. The Labute approximate surface area is 119 Å². The third-order valence-electron chi connectivity index (χ3n) is 2.75. The summed E-state index contributed by atoms with van der Waals surface area (Å²) in [5.74, 6) is 2.45. The van der Waals surface area contributed by atoms with Crippen LogP contribution in [0.2, 0.25) is 0 Å². The summed E-state index contributed by atoms with van der Waals surface area (Å²) in [5.41, 5.74) is 0. The summed E-state index contributed by atoms with van der Waals surface area (Å²) in [5, 5.41) is 10.1. The third-order valence-corrected chi connectivity index (χ3v) is 5.74. The largest absolute Gasteiger partial charge is 0.393 e. The number of ether oxygens (including phenoxy) is 2. The average molecular weight is 292 g/mol. The van der Waals surface area contributed by atoms with Crippen LogP contribution in [0.4, 0.5) is 0 Å². The number of aliphatic hydroxyl groups excluding tert-OH is 1. The minimum Gasteiger partial charge on any atom is -0.393 e. The molecule has 0 aromatic carbocycles. The van der Waals surface area contributed by atoms with Crippen molar-refractivity contribution in [3.63, 3.8) is 0 Å². The predicted octanol–water partition coefficient (Wildman–Crippen LogP) is 2.89. The van der Waals surface area contributed by atoms with Gasteiger partial charge in [-0.1, -0.05) is 6.08 Å². The summed E-state index contributed by atoms with van der Waals surface area (Å²) in [6, 6.07) is 0. The Hall–Kier alpha value is 0.320. The molecule has 18 heavy (non-hydrogen) atoms. The first-order valence-electron chi connectivity index (χ1n) is 6.39. The third kappa shape index (κ3) is 7.04. The predicted molar refractivity (Wildman–Crippen MR) is 80.1 cm³/mol. The lowest BCUT2D eigenvalue weighted by molar-refractivity contribution is -0.0830. The van der Waals surface area contributed by atoms with Crippen molar-refractivity contribution in [3.05, 3.63) is 12.7 Å². The smallest absolute Gasteiger partial charge is 0.146 e. The number of hydrogen-bond acceptors (Lipinski definition) is 5. The molecule has 0 spiro atoms. The Morgan fingerprint density at radius 2 is 2.17 bits per heavy atom. The molecule has 0 aromatic rings. The van der Waals surface area contributed by atoms with Gasteiger partial charge in [0.05, 0.1) is 16.8 Å². The number of rotatable bonds is 9. The van der Waals surface area contributed by atoms with Crippen LogP contribution < -0.4 is 0 Å². The number of thioether (sulfide) groups is 2. The van der Waals surface area contributed by atoms with Crippen molar-refractivity contribution in [2.24, 2.45) is 0 Å². The number of aliphatic hydroxyl groups is 1. The molecule has 1 rings (SSSR count). The van der Waals surface area contributed by atoms with Gasteiger partial charge in [-0.15, -0.1) is 30.1 Å². The van der Waals surface area contributed by atoms with Gasteiger partial charge in [0.2, 0.25) is 0 Å². The Morgan fingerprint density at radius 1 is 1.44 bits per heavy atom. The number of methoxy groups -OCH3 is 1. The first-order chi connectivity index (χ1) is 8.76. The van der Waals surface area contributed by atoms with Gasteiger partial charge < -0.3 is 14.6 Å². The first kappa shape index (κ1) is 16.4. The van der Waals surface area contributed by atoms with Gasteiger partial charge in [0.25, 0.3) is 0 Å². The van der Waals surface area contributed by atoms with E-state index in [0.717, 1.165) is 12.8 Å². The van der Waals surface area contributed by atoms with Crippen LogP contribution >= 0.6 is 23.5 Å². The van der Waals surface area contributed by atoms with Crippen molar-refractivity contribution in [3.8, 4) is 0 Å². The highest BCUT2D eigenvalue weighted by atomic mass is 32.2. The van der Waals surface area contributed by atoms with Crippen molar-refractivity contribution >= 4 is 23.5 Å². The Balaban J connectivity index is 2.25. The van der Waals surface area contributed by atoms with Crippen molar-refractivity contribution < 1.29 is 14.6 Å². The van der Waals surface area contributed by atoms with Crippen LogP contribution in [0.1, 0.15) is 25.7 Å². The number of hydrogen-bond donors (Lipinski definition) is 1. The topological polar surface area (TPSA) is 38.7 Å². The molecule has 3 nitrogen and oxygen atoms in total. The maximum absolute atomic E-state index is 10.1. The van der Waals surface area contributed by atoms with Gasteiger partial charge in [-0.2, -0.15) is 0 Å². The van der Waals surface area contributed by atoms with E-state index in [1.165, 1.54) is 17.9 Å². The molecule has 0 aromatic heterocycles. The highest BCUT2D eigenvalue weighted by Gasteiger charge is 2.21. The lowest BCUT2D eigenvalue weighted by Crippen LogP contribution is -2.24. The zero-order valence-corrected chi connectivity index (χ0v) is 12.7. The van der Waals surface area contributed by atoms with E-state index >= 15 is 0 Å². The van der Waals surface area contributed by atoms with Crippen LogP contribution in [0.5, 0.6) is 0 Å². The molecule has 0 bridgehead atoms. The maximum Gasteiger partial charge on any atom is 0.146 e. The maximum atomic E-state index is 10.1. The van der Waals surface area contributed by atoms with Gasteiger partial charge in [-0.3, -0.25) is 0 Å². The lowest BCUT2D eigenvalue weighted by Gasteiger charge is -2.25. The van der Waals surface area contributed by atoms with Crippen molar-refractivity contribution in [2.45, 2.75) is 42.5 Å². The molecule has 0 aliphatic carbocycles. The van der Waals surface area contributed by atoms with Gasteiger partial charge >= 0.3 is 0 Å². The van der Waals surface area contributed by atoms with Crippen molar-refractivity contribution in [1.82, 2.24) is 0 Å². The lowest BCUT2D eigenvalue weighted by atomic mass is 10.1. The van der Waals surface area contributed by atoms with E-state index in [9.17, 15) is 5.11 Å². The molecular formula is C13H24O3S2. The van der Waals surface area contributed by atoms with E-state index < -0.39 is 0 Å². The fourth-order valence-electron chi connectivity index (χ4n) is 1.88. The van der Waals surface area contributed by atoms with Crippen molar-refractivity contribution in [2.75, 3.05) is 25.4 Å². The molecule has 2 atom stereocenters.